The van der Waals surface area contributed by atoms with Crippen LogP contribution in [0.3, 0.4) is 0 Å². The van der Waals surface area contributed by atoms with E-state index in [1.54, 1.807) is 12.1 Å². The van der Waals surface area contributed by atoms with Crippen LogP contribution in [0.4, 0.5) is 0 Å². The van der Waals surface area contributed by atoms with E-state index in [0.717, 1.165) is 11.1 Å². The number of aryl methyl sites for hydroxylation is 2. The third-order valence-electron chi connectivity index (χ3n) is 3.77. The number of halogens is 1. The number of carbonyl (C=O) groups excluding carboxylic acids is 1. The van der Waals surface area contributed by atoms with Crippen LogP contribution < -0.4 is 5.32 Å². The van der Waals surface area contributed by atoms with Crippen molar-refractivity contribution in [1.82, 2.24) is 15.5 Å². The highest BCUT2D eigenvalue weighted by atomic mass is 35.5. The molecule has 25 heavy (non-hydrogen) atoms. The van der Waals surface area contributed by atoms with Gasteiger partial charge in [-0.25, -0.2) is 0 Å². The van der Waals surface area contributed by atoms with E-state index >= 15 is 0 Å². The van der Waals surface area contributed by atoms with Crippen molar-refractivity contribution in [2.75, 3.05) is 0 Å². The molecule has 0 aliphatic carbocycles. The predicted octanol–water partition coefficient (Wildman–Crippen LogP) is 3.95. The van der Waals surface area contributed by atoms with Gasteiger partial charge in [-0.15, -0.1) is 0 Å². The van der Waals surface area contributed by atoms with Crippen LogP contribution in [0, 0.1) is 6.92 Å². The SMILES string of the molecule is Cc1ccc(CCC(=O)NCc2nc(-c3ccc(Cl)cc3)no2)cc1. The van der Waals surface area contributed by atoms with Crippen LogP contribution in [0.2, 0.25) is 5.02 Å². The normalized spacial score (nSPS) is 10.6. The molecule has 1 heterocycles. The molecule has 0 aliphatic heterocycles. The molecule has 0 radical (unpaired) electrons. The first-order valence-corrected chi connectivity index (χ1v) is 8.39. The van der Waals surface area contributed by atoms with Crippen LogP contribution in [-0.4, -0.2) is 16.0 Å². The van der Waals surface area contributed by atoms with Gasteiger partial charge >= 0.3 is 0 Å². The van der Waals surface area contributed by atoms with E-state index in [1.807, 2.05) is 43.3 Å². The maximum atomic E-state index is 12.0. The summed E-state index contributed by atoms with van der Waals surface area (Å²) in [5.41, 5.74) is 3.16. The molecule has 0 saturated heterocycles. The van der Waals surface area contributed by atoms with Gasteiger partial charge in [-0.05, 0) is 43.2 Å². The van der Waals surface area contributed by atoms with E-state index < -0.39 is 0 Å². The summed E-state index contributed by atoms with van der Waals surface area (Å²) in [6.45, 7) is 2.26. The number of rotatable bonds is 6. The molecule has 128 valence electrons. The van der Waals surface area contributed by atoms with Gasteiger partial charge in [-0.2, -0.15) is 4.98 Å². The molecule has 1 aromatic heterocycles. The van der Waals surface area contributed by atoms with Gasteiger partial charge in [-0.3, -0.25) is 4.79 Å². The van der Waals surface area contributed by atoms with Crippen LogP contribution in [0.5, 0.6) is 0 Å². The number of aromatic nitrogens is 2. The standard InChI is InChI=1S/C19H18ClN3O2/c1-13-2-4-14(5-3-13)6-11-17(24)21-12-18-22-19(23-25-18)15-7-9-16(20)10-8-15/h2-5,7-10H,6,11-12H2,1H3,(H,21,24). The van der Waals surface area contributed by atoms with Crippen molar-refractivity contribution in [3.8, 4) is 11.4 Å². The fourth-order valence-electron chi connectivity index (χ4n) is 2.32. The van der Waals surface area contributed by atoms with Crippen molar-refractivity contribution in [3.05, 3.63) is 70.6 Å². The van der Waals surface area contributed by atoms with Crippen LogP contribution in [0.15, 0.2) is 53.1 Å². The number of carbonyl (C=O) groups is 1. The highest BCUT2D eigenvalue weighted by Crippen LogP contribution is 2.18. The number of amides is 1. The maximum absolute atomic E-state index is 12.0. The summed E-state index contributed by atoms with van der Waals surface area (Å²) in [5, 5.41) is 7.36. The molecule has 2 aromatic carbocycles. The Morgan fingerprint density at radius 2 is 1.84 bits per heavy atom. The smallest absolute Gasteiger partial charge is 0.246 e. The first-order chi connectivity index (χ1) is 12.1. The van der Waals surface area contributed by atoms with Crippen LogP contribution >= 0.6 is 11.6 Å². The molecule has 0 spiro atoms. The van der Waals surface area contributed by atoms with Gasteiger partial charge in [0.25, 0.3) is 0 Å². The molecule has 0 fully saturated rings. The van der Waals surface area contributed by atoms with Crippen molar-refractivity contribution >= 4 is 17.5 Å². The number of nitrogens with one attached hydrogen (secondary N) is 1. The minimum atomic E-state index is -0.0492. The average molecular weight is 356 g/mol. The van der Waals surface area contributed by atoms with Crippen LogP contribution in [0.1, 0.15) is 23.4 Å². The Hall–Kier alpha value is -2.66. The number of hydrogen-bond donors (Lipinski definition) is 1. The third kappa shape index (κ3) is 4.90. The average Bonchev–Trinajstić information content (AvgIpc) is 3.09. The van der Waals surface area contributed by atoms with Gasteiger partial charge in [0, 0.05) is 17.0 Å². The molecule has 1 N–H and O–H groups in total. The van der Waals surface area contributed by atoms with Crippen molar-refractivity contribution < 1.29 is 9.32 Å². The first-order valence-electron chi connectivity index (χ1n) is 8.01. The van der Waals surface area contributed by atoms with Crippen molar-refractivity contribution in [2.24, 2.45) is 0 Å². The Kier molecular flexibility index (Phi) is 5.46. The molecule has 0 atom stereocenters. The summed E-state index contributed by atoms with van der Waals surface area (Å²) < 4.78 is 5.17. The minimum Gasteiger partial charge on any atom is -0.347 e. The largest absolute Gasteiger partial charge is 0.347 e. The van der Waals surface area contributed by atoms with Crippen molar-refractivity contribution in [3.63, 3.8) is 0 Å². The summed E-state index contributed by atoms with van der Waals surface area (Å²) in [6, 6.07) is 15.3. The summed E-state index contributed by atoms with van der Waals surface area (Å²) in [6.07, 6.45) is 1.12. The molecule has 0 bridgehead atoms. The van der Waals surface area contributed by atoms with Gasteiger partial charge in [-0.1, -0.05) is 46.6 Å². The Labute approximate surface area is 151 Å². The second kappa shape index (κ2) is 7.94. The highest BCUT2D eigenvalue weighted by Gasteiger charge is 2.10. The molecule has 3 aromatic rings. The van der Waals surface area contributed by atoms with E-state index in [4.69, 9.17) is 16.1 Å². The van der Waals surface area contributed by atoms with E-state index in [2.05, 4.69) is 15.5 Å². The zero-order valence-electron chi connectivity index (χ0n) is 13.8. The fraction of sp³-hybridized carbons (Fsp3) is 0.211. The Balaban J connectivity index is 1.49. The molecule has 1 amide bonds. The molecule has 3 rings (SSSR count). The van der Waals surface area contributed by atoms with Gasteiger partial charge in [0.1, 0.15) is 0 Å². The summed E-state index contributed by atoms with van der Waals surface area (Å²) >= 11 is 5.86. The lowest BCUT2D eigenvalue weighted by Gasteiger charge is -2.03. The third-order valence-corrected chi connectivity index (χ3v) is 4.02. The zero-order chi connectivity index (χ0) is 17.6. The fourth-order valence-corrected chi connectivity index (χ4v) is 2.44. The van der Waals surface area contributed by atoms with E-state index in [-0.39, 0.29) is 12.5 Å². The molecule has 0 saturated carbocycles. The van der Waals surface area contributed by atoms with Gasteiger partial charge in [0.2, 0.25) is 17.6 Å². The topological polar surface area (TPSA) is 68.0 Å². The van der Waals surface area contributed by atoms with Gasteiger partial charge < -0.3 is 9.84 Å². The van der Waals surface area contributed by atoms with Crippen molar-refractivity contribution in [2.45, 2.75) is 26.3 Å². The summed E-state index contributed by atoms with van der Waals surface area (Å²) in [5.74, 6) is 0.793. The van der Waals surface area contributed by atoms with Crippen molar-refractivity contribution in [1.29, 1.82) is 0 Å². The predicted molar refractivity (Wildman–Crippen MR) is 96.1 cm³/mol. The highest BCUT2D eigenvalue weighted by molar-refractivity contribution is 6.30. The second-order valence-corrected chi connectivity index (χ2v) is 6.22. The van der Waals surface area contributed by atoms with E-state index in [1.165, 1.54) is 5.56 Å². The Morgan fingerprint density at radius 3 is 2.56 bits per heavy atom. The quantitative estimate of drug-likeness (QED) is 0.727. The molecular formula is C19H18ClN3O2. The number of nitrogens with zero attached hydrogens (tertiary/aromatic N) is 2. The summed E-state index contributed by atoms with van der Waals surface area (Å²) in [4.78, 5) is 16.2. The lowest BCUT2D eigenvalue weighted by atomic mass is 10.1. The van der Waals surface area contributed by atoms with E-state index in [9.17, 15) is 4.79 Å². The first kappa shape index (κ1) is 17.2. The van der Waals surface area contributed by atoms with Gasteiger partial charge in [0.05, 0.1) is 6.54 Å². The number of hydrogen-bond acceptors (Lipinski definition) is 4. The van der Waals surface area contributed by atoms with E-state index in [0.29, 0.717) is 29.6 Å². The zero-order valence-corrected chi connectivity index (χ0v) is 14.6. The lowest BCUT2D eigenvalue weighted by Crippen LogP contribution is -2.23. The van der Waals surface area contributed by atoms with Crippen LogP contribution in [-0.2, 0) is 17.8 Å². The monoisotopic (exact) mass is 355 g/mol. The molecule has 5 nitrogen and oxygen atoms in total. The maximum Gasteiger partial charge on any atom is 0.246 e. The Morgan fingerprint density at radius 1 is 1.12 bits per heavy atom. The summed E-state index contributed by atoms with van der Waals surface area (Å²) in [7, 11) is 0. The van der Waals surface area contributed by atoms with Crippen LogP contribution in [0.25, 0.3) is 11.4 Å². The minimum absolute atomic E-state index is 0.0492. The molecule has 0 unspecified atom stereocenters. The Bertz CT molecular complexity index is 842. The second-order valence-electron chi connectivity index (χ2n) is 5.78. The molecule has 0 aliphatic rings. The molecule has 6 heteroatoms. The number of benzene rings is 2. The van der Waals surface area contributed by atoms with Gasteiger partial charge in [0.15, 0.2) is 0 Å². The lowest BCUT2D eigenvalue weighted by molar-refractivity contribution is -0.121. The molecular weight excluding hydrogens is 338 g/mol.